The van der Waals surface area contributed by atoms with Crippen molar-refractivity contribution in [3.63, 3.8) is 0 Å². The van der Waals surface area contributed by atoms with Gasteiger partial charge in [-0.2, -0.15) is 4.98 Å². The lowest BCUT2D eigenvalue weighted by Gasteiger charge is -2.08. The van der Waals surface area contributed by atoms with Gasteiger partial charge in [0.25, 0.3) is 0 Å². The van der Waals surface area contributed by atoms with Gasteiger partial charge in [-0.3, -0.25) is 0 Å². The minimum absolute atomic E-state index is 0.101. The molecule has 0 saturated heterocycles. The number of aryl methyl sites for hydroxylation is 3. The second kappa shape index (κ2) is 4.76. The van der Waals surface area contributed by atoms with Gasteiger partial charge in [0.15, 0.2) is 15.7 Å². The van der Waals surface area contributed by atoms with Crippen LogP contribution >= 0.6 is 0 Å². The molecule has 0 aliphatic carbocycles. The van der Waals surface area contributed by atoms with E-state index in [2.05, 4.69) is 15.3 Å². The van der Waals surface area contributed by atoms with Gasteiger partial charge in [0.05, 0.1) is 11.4 Å². The molecule has 0 spiro atoms. The van der Waals surface area contributed by atoms with Gasteiger partial charge >= 0.3 is 0 Å². The zero-order valence-corrected chi connectivity index (χ0v) is 12.0. The van der Waals surface area contributed by atoms with Crippen molar-refractivity contribution in [3.05, 3.63) is 28.7 Å². The molecule has 0 amide bonds. The highest BCUT2D eigenvalue weighted by Gasteiger charge is 2.30. The topological polar surface area (TPSA) is 99.1 Å². The molecule has 0 bridgehead atoms. The Morgan fingerprint density at radius 2 is 1.84 bits per heavy atom. The summed E-state index contributed by atoms with van der Waals surface area (Å²) in [7, 11) is -3.46. The summed E-state index contributed by atoms with van der Waals surface area (Å²) < 4.78 is 34.5. The van der Waals surface area contributed by atoms with Crippen LogP contribution in [0.15, 0.2) is 9.05 Å². The normalized spacial score (nSPS) is 13.7. The molecule has 0 radical (unpaired) electrons. The summed E-state index contributed by atoms with van der Waals surface area (Å²) in [4.78, 5) is 3.96. The molecule has 2 aromatic heterocycles. The van der Waals surface area contributed by atoms with Crippen molar-refractivity contribution < 1.29 is 17.5 Å². The van der Waals surface area contributed by atoms with Crippen molar-refractivity contribution in [1.29, 1.82) is 0 Å². The first-order chi connectivity index (χ1) is 8.81. The SMILES string of the molecule is Cc1noc(C(C)S(=O)(=O)Cc2c(C)noc2C)n1. The third-order valence-electron chi connectivity index (χ3n) is 2.96. The van der Waals surface area contributed by atoms with Gasteiger partial charge < -0.3 is 9.05 Å². The maximum Gasteiger partial charge on any atom is 0.244 e. The van der Waals surface area contributed by atoms with Gasteiger partial charge in [-0.05, 0) is 27.7 Å². The van der Waals surface area contributed by atoms with E-state index in [0.29, 0.717) is 22.8 Å². The Balaban J connectivity index is 2.28. The lowest BCUT2D eigenvalue weighted by molar-refractivity contribution is 0.372. The largest absolute Gasteiger partial charge is 0.361 e. The monoisotopic (exact) mass is 285 g/mol. The highest BCUT2D eigenvalue weighted by atomic mass is 32.2. The molecule has 0 aromatic carbocycles. The molecule has 0 aliphatic rings. The molecule has 0 N–H and O–H groups in total. The average molecular weight is 285 g/mol. The molecule has 1 atom stereocenters. The van der Waals surface area contributed by atoms with Crippen LogP contribution in [0.3, 0.4) is 0 Å². The second-order valence-corrected chi connectivity index (χ2v) is 6.75. The maximum atomic E-state index is 12.3. The predicted molar refractivity (Wildman–Crippen MR) is 66.1 cm³/mol. The lowest BCUT2D eigenvalue weighted by Crippen LogP contribution is -2.14. The van der Waals surface area contributed by atoms with Gasteiger partial charge in [0, 0.05) is 5.56 Å². The van der Waals surface area contributed by atoms with Crippen molar-refractivity contribution in [1.82, 2.24) is 15.3 Å². The van der Waals surface area contributed by atoms with Gasteiger partial charge in [-0.15, -0.1) is 0 Å². The zero-order chi connectivity index (χ0) is 14.2. The van der Waals surface area contributed by atoms with Crippen molar-refractivity contribution in [2.45, 2.75) is 38.7 Å². The van der Waals surface area contributed by atoms with Crippen molar-refractivity contribution >= 4 is 9.84 Å². The lowest BCUT2D eigenvalue weighted by atomic mass is 10.2. The van der Waals surface area contributed by atoms with E-state index in [1.165, 1.54) is 6.92 Å². The Hall–Kier alpha value is -1.70. The van der Waals surface area contributed by atoms with E-state index in [1.54, 1.807) is 20.8 Å². The van der Waals surface area contributed by atoms with E-state index in [-0.39, 0.29) is 11.6 Å². The summed E-state index contributed by atoms with van der Waals surface area (Å²) in [6.07, 6.45) is 0. The first-order valence-corrected chi connectivity index (χ1v) is 7.46. The summed E-state index contributed by atoms with van der Waals surface area (Å²) in [5, 5.41) is 6.49. The molecular formula is C11H15N3O4S. The minimum Gasteiger partial charge on any atom is -0.361 e. The number of sulfone groups is 1. The standard InChI is InChI=1S/C11H15N3O4S/c1-6-10(7(2)17-13-6)5-19(15,16)8(3)11-12-9(4)14-18-11/h8H,5H2,1-4H3. The average Bonchev–Trinajstić information content (AvgIpc) is 2.89. The quantitative estimate of drug-likeness (QED) is 0.842. The van der Waals surface area contributed by atoms with E-state index in [4.69, 9.17) is 9.05 Å². The summed E-state index contributed by atoms with van der Waals surface area (Å²) in [6, 6.07) is 0. The Labute approximate surface area is 110 Å². The second-order valence-electron chi connectivity index (χ2n) is 4.43. The molecule has 2 heterocycles. The highest BCUT2D eigenvalue weighted by molar-refractivity contribution is 7.90. The fraction of sp³-hybridized carbons (Fsp3) is 0.545. The number of hydrogen-bond acceptors (Lipinski definition) is 7. The number of aromatic nitrogens is 3. The Bertz CT molecular complexity index is 667. The van der Waals surface area contributed by atoms with Crippen LogP contribution in [0, 0.1) is 20.8 Å². The zero-order valence-electron chi connectivity index (χ0n) is 11.2. The third kappa shape index (κ3) is 2.67. The van der Waals surface area contributed by atoms with Crippen LogP contribution in [0.2, 0.25) is 0 Å². The van der Waals surface area contributed by atoms with Crippen molar-refractivity contribution in [3.8, 4) is 0 Å². The summed E-state index contributed by atoms with van der Waals surface area (Å²) in [5.41, 5.74) is 1.16. The van der Waals surface area contributed by atoms with E-state index < -0.39 is 15.1 Å². The van der Waals surface area contributed by atoms with Crippen LogP contribution in [0.25, 0.3) is 0 Å². The molecule has 8 heteroatoms. The van der Waals surface area contributed by atoms with Gasteiger partial charge in [-0.1, -0.05) is 10.3 Å². The van der Waals surface area contributed by atoms with E-state index in [0.717, 1.165) is 0 Å². The van der Waals surface area contributed by atoms with Gasteiger partial charge in [-0.25, -0.2) is 8.42 Å². The van der Waals surface area contributed by atoms with Crippen LogP contribution < -0.4 is 0 Å². The van der Waals surface area contributed by atoms with Crippen molar-refractivity contribution in [2.24, 2.45) is 0 Å². The van der Waals surface area contributed by atoms with Gasteiger partial charge in [0.2, 0.25) is 5.89 Å². The first kappa shape index (κ1) is 13.7. The van der Waals surface area contributed by atoms with Crippen LogP contribution in [0.1, 0.15) is 40.9 Å². The summed E-state index contributed by atoms with van der Waals surface area (Å²) in [6.45, 7) is 6.57. The maximum absolute atomic E-state index is 12.3. The predicted octanol–water partition coefficient (Wildman–Crippen LogP) is 1.66. The van der Waals surface area contributed by atoms with Crippen molar-refractivity contribution in [2.75, 3.05) is 0 Å². The number of hydrogen-bond donors (Lipinski definition) is 0. The summed E-state index contributed by atoms with van der Waals surface area (Å²) >= 11 is 0. The molecule has 104 valence electrons. The fourth-order valence-corrected chi connectivity index (χ4v) is 3.13. The minimum atomic E-state index is -3.46. The third-order valence-corrected chi connectivity index (χ3v) is 4.93. The number of rotatable bonds is 4. The van der Waals surface area contributed by atoms with Crippen LogP contribution in [0.5, 0.6) is 0 Å². The molecule has 2 aromatic rings. The van der Waals surface area contributed by atoms with Gasteiger partial charge in [0.1, 0.15) is 11.0 Å². The highest BCUT2D eigenvalue weighted by Crippen LogP contribution is 2.26. The van der Waals surface area contributed by atoms with E-state index in [1.807, 2.05) is 0 Å². The smallest absolute Gasteiger partial charge is 0.244 e. The van der Waals surface area contributed by atoms with Crippen LogP contribution in [0.4, 0.5) is 0 Å². The molecule has 0 saturated carbocycles. The molecule has 2 rings (SSSR count). The van der Waals surface area contributed by atoms with Crippen LogP contribution in [-0.2, 0) is 15.6 Å². The number of nitrogens with zero attached hydrogens (tertiary/aromatic N) is 3. The molecule has 0 fully saturated rings. The fourth-order valence-electron chi connectivity index (χ4n) is 1.67. The summed E-state index contributed by atoms with van der Waals surface area (Å²) in [5.74, 6) is 0.866. The molecule has 0 aliphatic heterocycles. The first-order valence-electron chi connectivity index (χ1n) is 5.75. The van der Waals surface area contributed by atoms with E-state index in [9.17, 15) is 8.42 Å². The molecule has 1 unspecified atom stereocenters. The Morgan fingerprint density at radius 1 is 1.16 bits per heavy atom. The molecule has 19 heavy (non-hydrogen) atoms. The van der Waals surface area contributed by atoms with Crippen LogP contribution in [-0.4, -0.2) is 23.7 Å². The molecular weight excluding hydrogens is 270 g/mol. The Kier molecular flexibility index (Phi) is 3.44. The van der Waals surface area contributed by atoms with E-state index >= 15 is 0 Å². The Morgan fingerprint density at radius 3 is 2.32 bits per heavy atom. The molecule has 7 nitrogen and oxygen atoms in total.